The third kappa shape index (κ3) is 6.99. The van der Waals surface area contributed by atoms with Gasteiger partial charge in [-0.1, -0.05) is 65.8 Å². The van der Waals surface area contributed by atoms with Crippen molar-refractivity contribution in [1.82, 2.24) is 19.7 Å². The van der Waals surface area contributed by atoms with Crippen LogP contribution in [-0.4, -0.2) is 71.5 Å². The van der Waals surface area contributed by atoms with Crippen LogP contribution in [0.3, 0.4) is 0 Å². The summed E-state index contributed by atoms with van der Waals surface area (Å²) in [6.07, 6.45) is 0. The molecule has 2 aliphatic heterocycles. The van der Waals surface area contributed by atoms with Gasteiger partial charge in [-0.3, -0.25) is 9.59 Å². The zero-order valence-electron chi connectivity index (χ0n) is 25.4. The van der Waals surface area contributed by atoms with Gasteiger partial charge < -0.3 is 29.7 Å². The van der Waals surface area contributed by atoms with E-state index in [0.717, 1.165) is 11.1 Å². The second kappa shape index (κ2) is 14.3. The van der Waals surface area contributed by atoms with Gasteiger partial charge in [-0.15, -0.1) is 5.10 Å². The topological polar surface area (TPSA) is 120 Å². The molecule has 0 radical (unpaired) electrons. The Bertz CT molecular complexity index is 1760. The lowest BCUT2D eigenvalue weighted by atomic mass is 9.94. The fourth-order valence-electron chi connectivity index (χ4n) is 5.29. The molecule has 13 heteroatoms. The highest BCUT2D eigenvalue weighted by molar-refractivity contribution is 7.98. The van der Waals surface area contributed by atoms with Crippen molar-refractivity contribution in [2.75, 3.05) is 50.7 Å². The van der Waals surface area contributed by atoms with E-state index in [-0.39, 0.29) is 18.4 Å². The monoisotopic (exact) mass is 660 g/mol. The number of para-hydroxylation sites is 1. The molecule has 0 saturated carbocycles. The van der Waals surface area contributed by atoms with Gasteiger partial charge in [0, 0.05) is 35.2 Å². The fourth-order valence-corrected chi connectivity index (χ4v) is 6.40. The second-order valence-corrected chi connectivity index (χ2v) is 12.0. The number of hydrogen-bond acceptors (Lipinski definition) is 9. The average molecular weight is 661 g/mol. The summed E-state index contributed by atoms with van der Waals surface area (Å²) >= 11 is 7.83. The van der Waals surface area contributed by atoms with E-state index in [1.54, 1.807) is 21.7 Å². The number of rotatable bonds is 10. The summed E-state index contributed by atoms with van der Waals surface area (Å²) in [5.74, 6) is 1.48. The number of aromatic nitrogens is 3. The van der Waals surface area contributed by atoms with Crippen molar-refractivity contribution in [3.8, 4) is 11.5 Å². The van der Waals surface area contributed by atoms with Crippen molar-refractivity contribution in [2.24, 2.45) is 0 Å². The zero-order chi connectivity index (χ0) is 32.0. The predicted octanol–water partition coefficient (Wildman–Crippen LogP) is 5.40. The van der Waals surface area contributed by atoms with Gasteiger partial charge in [0.15, 0.2) is 18.1 Å². The largest absolute Gasteiger partial charge is 0.493 e. The minimum Gasteiger partial charge on any atom is -0.493 e. The Morgan fingerprint density at radius 1 is 1.07 bits per heavy atom. The molecular weight excluding hydrogens is 628 g/mol. The molecule has 1 aromatic heterocycles. The van der Waals surface area contributed by atoms with Gasteiger partial charge in [-0.05, 0) is 48.4 Å². The van der Waals surface area contributed by atoms with Crippen LogP contribution in [0.1, 0.15) is 24.1 Å². The molecule has 2 amide bonds. The summed E-state index contributed by atoms with van der Waals surface area (Å²) in [5, 5.41) is 12.3. The molecule has 0 aliphatic carbocycles. The Kier molecular flexibility index (Phi) is 9.76. The van der Waals surface area contributed by atoms with Crippen molar-refractivity contribution >= 4 is 46.8 Å². The number of hydrogen-bond donors (Lipinski definition) is 2. The first-order valence-electron chi connectivity index (χ1n) is 14.7. The van der Waals surface area contributed by atoms with Gasteiger partial charge in [0.2, 0.25) is 11.1 Å². The van der Waals surface area contributed by atoms with E-state index in [1.807, 2.05) is 67.6 Å². The number of anilines is 2. The molecule has 2 N–H and O–H groups in total. The minimum absolute atomic E-state index is 0.125. The van der Waals surface area contributed by atoms with E-state index in [9.17, 15) is 9.59 Å². The summed E-state index contributed by atoms with van der Waals surface area (Å²) in [6, 6.07) is 21.7. The van der Waals surface area contributed by atoms with Crippen LogP contribution in [0.4, 0.5) is 11.6 Å². The van der Waals surface area contributed by atoms with Crippen molar-refractivity contribution < 1.29 is 23.8 Å². The van der Waals surface area contributed by atoms with Crippen LogP contribution in [0.2, 0.25) is 5.02 Å². The summed E-state index contributed by atoms with van der Waals surface area (Å²) < 4.78 is 18.7. The van der Waals surface area contributed by atoms with E-state index in [2.05, 4.69) is 10.6 Å². The number of thioether (sulfide) groups is 1. The van der Waals surface area contributed by atoms with E-state index >= 15 is 0 Å². The molecule has 0 bridgehead atoms. The summed E-state index contributed by atoms with van der Waals surface area (Å²) in [7, 11) is 1.53. The van der Waals surface area contributed by atoms with E-state index in [4.69, 9.17) is 35.9 Å². The van der Waals surface area contributed by atoms with Crippen LogP contribution in [0.15, 0.2) is 89.2 Å². The number of carbonyl (C=O) groups excluding carboxylic acids is 2. The molecule has 6 rings (SSSR count). The summed E-state index contributed by atoms with van der Waals surface area (Å²) in [6.45, 7) is 3.80. The van der Waals surface area contributed by atoms with Gasteiger partial charge in [0.1, 0.15) is 6.04 Å². The predicted molar refractivity (Wildman–Crippen MR) is 176 cm³/mol. The Morgan fingerprint density at radius 2 is 1.83 bits per heavy atom. The average Bonchev–Trinajstić information content (AvgIpc) is 3.49. The lowest BCUT2D eigenvalue weighted by molar-refractivity contribution is -0.137. The molecule has 11 nitrogen and oxygen atoms in total. The zero-order valence-corrected chi connectivity index (χ0v) is 26.9. The SMILES string of the molecule is COc1cc(C2C(C(=O)Nc3ccccc3)=C(C)Nc3nc(SCc4ccccc4Cl)nn32)ccc1OCC(=O)N1CCOCC1. The van der Waals surface area contributed by atoms with Crippen molar-refractivity contribution in [3.05, 3.63) is 100 Å². The molecule has 3 heterocycles. The Balaban J connectivity index is 1.31. The third-order valence-corrected chi connectivity index (χ3v) is 8.90. The lowest BCUT2D eigenvalue weighted by Crippen LogP contribution is -2.43. The standard InChI is InChI=1S/C33H33ClN6O5S/c1-21-29(31(42)36-24-9-4-3-5-10-24)30(40-32(35-21)37-33(38-40)46-20-23-8-6-7-11-25(23)34)22-12-13-26(27(18-22)43-2)45-19-28(41)39-14-16-44-17-15-39/h3-13,18,30H,14-17,19-20H2,1-2H3,(H,36,42)(H,35,37,38). The van der Waals surface area contributed by atoms with Crippen molar-refractivity contribution in [1.29, 1.82) is 0 Å². The van der Waals surface area contributed by atoms with Crippen LogP contribution in [-0.2, 0) is 20.1 Å². The quantitative estimate of drug-likeness (QED) is 0.216. The normalized spacial score (nSPS) is 16.0. The molecule has 238 valence electrons. The fraction of sp³-hybridized carbons (Fsp3) is 0.273. The first-order chi connectivity index (χ1) is 22.4. The number of allylic oxidation sites excluding steroid dienone is 1. The number of benzene rings is 3. The van der Waals surface area contributed by atoms with Crippen LogP contribution in [0.5, 0.6) is 11.5 Å². The smallest absolute Gasteiger partial charge is 0.260 e. The van der Waals surface area contributed by atoms with Gasteiger partial charge >= 0.3 is 0 Å². The molecule has 1 unspecified atom stereocenters. The number of morpholine rings is 1. The van der Waals surface area contributed by atoms with Crippen molar-refractivity contribution in [2.45, 2.75) is 23.9 Å². The van der Waals surface area contributed by atoms with E-state index in [0.29, 0.717) is 76.6 Å². The molecule has 1 saturated heterocycles. The van der Waals surface area contributed by atoms with Crippen LogP contribution < -0.4 is 20.1 Å². The molecule has 0 spiro atoms. The van der Waals surface area contributed by atoms with Crippen LogP contribution in [0, 0.1) is 0 Å². The number of amides is 2. The number of carbonyl (C=O) groups is 2. The number of ether oxygens (including phenoxy) is 3. The van der Waals surface area contributed by atoms with Gasteiger partial charge in [0.25, 0.3) is 11.8 Å². The Labute approximate surface area is 275 Å². The maximum absolute atomic E-state index is 13.9. The molecule has 1 fully saturated rings. The molecule has 1 atom stereocenters. The van der Waals surface area contributed by atoms with E-state index in [1.165, 1.54) is 18.9 Å². The first kappa shape index (κ1) is 31.5. The number of nitrogens with one attached hydrogen (secondary N) is 2. The highest BCUT2D eigenvalue weighted by Crippen LogP contribution is 2.40. The second-order valence-electron chi connectivity index (χ2n) is 10.6. The summed E-state index contributed by atoms with van der Waals surface area (Å²) in [5.41, 5.74) is 3.45. The van der Waals surface area contributed by atoms with Crippen LogP contribution >= 0.6 is 23.4 Å². The maximum atomic E-state index is 13.9. The third-order valence-electron chi connectivity index (χ3n) is 7.64. The Morgan fingerprint density at radius 3 is 2.59 bits per heavy atom. The van der Waals surface area contributed by atoms with E-state index < -0.39 is 6.04 Å². The van der Waals surface area contributed by atoms with Gasteiger partial charge in [-0.2, -0.15) is 4.98 Å². The molecule has 2 aliphatic rings. The maximum Gasteiger partial charge on any atom is 0.260 e. The first-order valence-corrected chi connectivity index (χ1v) is 16.1. The number of nitrogens with zero attached hydrogens (tertiary/aromatic N) is 4. The van der Waals surface area contributed by atoms with Gasteiger partial charge in [0.05, 0.1) is 25.9 Å². The number of methoxy groups -OCH3 is 1. The molecular formula is C33H33ClN6O5S. The Hall–Kier alpha value is -4.52. The summed E-state index contributed by atoms with van der Waals surface area (Å²) in [4.78, 5) is 33.0. The number of fused-ring (bicyclic) bond motifs is 1. The number of halogens is 1. The van der Waals surface area contributed by atoms with Crippen molar-refractivity contribution in [3.63, 3.8) is 0 Å². The highest BCUT2D eigenvalue weighted by Gasteiger charge is 2.35. The molecule has 4 aromatic rings. The van der Waals surface area contributed by atoms with Gasteiger partial charge in [-0.25, -0.2) is 4.68 Å². The molecule has 3 aromatic carbocycles. The molecule has 46 heavy (non-hydrogen) atoms. The van der Waals surface area contributed by atoms with Crippen LogP contribution in [0.25, 0.3) is 0 Å². The minimum atomic E-state index is -0.653. The highest BCUT2D eigenvalue weighted by atomic mass is 35.5. The lowest BCUT2D eigenvalue weighted by Gasteiger charge is -2.29.